The van der Waals surface area contributed by atoms with E-state index in [0.29, 0.717) is 12.1 Å². The number of nitrogens with zero attached hydrogens (tertiary/aromatic N) is 2. The molecule has 142 valence electrons. The van der Waals surface area contributed by atoms with E-state index < -0.39 is 11.6 Å². The van der Waals surface area contributed by atoms with Gasteiger partial charge in [-0.05, 0) is 48.7 Å². The SMILES string of the molecule is Fc1cc(F)cc(Cn2cc(CCCN3CCNCC3)c3ccccc32)c1. The topological polar surface area (TPSA) is 20.2 Å². The van der Waals surface area contributed by atoms with Crippen LogP contribution in [0.1, 0.15) is 17.5 Å². The Labute approximate surface area is 158 Å². The van der Waals surface area contributed by atoms with E-state index >= 15 is 0 Å². The molecule has 1 saturated heterocycles. The van der Waals surface area contributed by atoms with Gasteiger partial charge in [-0.25, -0.2) is 8.78 Å². The lowest BCUT2D eigenvalue weighted by Gasteiger charge is -2.26. The van der Waals surface area contributed by atoms with Crippen molar-refractivity contribution in [1.29, 1.82) is 0 Å². The van der Waals surface area contributed by atoms with Crippen LogP contribution in [-0.4, -0.2) is 42.2 Å². The van der Waals surface area contributed by atoms with Crippen LogP contribution in [0.3, 0.4) is 0 Å². The minimum Gasteiger partial charge on any atom is -0.343 e. The highest BCUT2D eigenvalue weighted by Crippen LogP contribution is 2.24. The van der Waals surface area contributed by atoms with Crippen molar-refractivity contribution in [2.45, 2.75) is 19.4 Å². The third kappa shape index (κ3) is 4.37. The zero-order valence-electron chi connectivity index (χ0n) is 15.4. The first-order valence-electron chi connectivity index (χ1n) is 9.64. The minimum atomic E-state index is -0.530. The van der Waals surface area contributed by atoms with Crippen molar-refractivity contribution < 1.29 is 8.78 Å². The predicted molar refractivity (Wildman–Crippen MR) is 105 cm³/mol. The van der Waals surface area contributed by atoms with Crippen molar-refractivity contribution in [3.05, 3.63) is 71.4 Å². The van der Waals surface area contributed by atoms with Crippen LogP contribution in [0.4, 0.5) is 8.78 Å². The van der Waals surface area contributed by atoms with Crippen LogP contribution in [0.15, 0.2) is 48.7 Å². The number of nitrogens with one attached hydrogen (secondary N) is 1. The molecule has 0 atom stereocenters. The van der Waals surface area contributed by atoms with Gasteiger partial charge in [0.1, 0.15) is 11.6 Å². The zero-order valence-corrected chi connectivity index (χ0v) is 15.4. The molecule has 27 heavy (non-hydrogen) atoms. The van der Waals surface area contributed by atoms with E-state index in [2.05, 4.69) is 33.1 Å². The highest BCUT2D eigenvalue weighted by Gasteiger charge is 2.12. The van der Waals surface area contributed by atoms with Gasteiger partial charge < -0.3 is 14.8 Å². The van der Waals surface area contributed by atoms with Gasteiger partial charge in [0, 0.05) is 55.9 Å². The second-order valence-electron chi connectivity index (χ2n) is 7.27. The van der Waals surface area contributed by atoms with Gasteiger partial charge in [0.2, 0.25) is 0 Å². The van der Waals surface area contributed by atoms with E-state index in [1.165, 1.54) is 23.1 Å². The van der Waals surface area contributed by atoms with Gasteiger partial charge in [-0.2, -0.15) is 0 Å². The van der Waals surface area contributed by atoms with E-state index in [-0.39, 0.29) is 0 Å². The van der Waals surface area contributed by atoms with Crippen LogP contribution >= 0.6 is 0 Å². The van der Waals surface area contributed by atoms with E-state index in [4.69, 9.17) is 0 Å². The summed E-state index contributed by atoms with van der Waals surface area (Å²) in [5.41, 5.74) is 3.05. The summed E-state index contributed by atoms with van der Waals surface area (Å²) in [5, 5.41) is 4.61. The summed E-state index contributed by atoms with van der Waals surface area (Å²) in [6.07, 6.45) is 4.27. The molecule has 1 fully saturated rings. The average Bonchev–Trinajstić information content (AvgIpc) is 3.00. The second kappa shape index (κ2) is 8.19. The molecule has 3 nitrogen and oxygen atoms in total. The first-order valence-corrected chi connectivity index (χ1v) is 9.64. The van der Waals surface area contributed by atoms with Crippen molar-refractivity contribution in [2.24, 2.45) is 0 Å². The summed E-state index contributed by atoms with van der Waals surface area (Å²) in [7, 11) is 0. The molecule has 2 heterocycles. The van der Waals surface area contributed by atoms with Crippen molar-refractivity contribution in [3.63, 3.8) is 0 Å². The van der Waals surface area contributed by atoms with Gasteiger partial charge in [0.15, 0.2) is 0 Å². The molecule has 0 amide bonds. The molecule has 0 radical (unpaired) electrons. The molecule has 4 rings (SSSR count). The van der Waals surface area contributed by atoms with E-state index in [1.54, 1.807) is 0 Å². The number of aryl methyl sites for hydroxylation is 1. The lowest BCUT2D eigenvalue weighted by molar-refractivity contribution is 0.238. The van der Waals surface area contributed by atoms with Crippen LogP contribution in [0.5, 0.6) is 0 Å². The molecule has 1 N–H and O–H groups in total. The van der Waals surface area contributed by atoms with Crippen molar-refractivity contribution >= 4 is 10.9 Å². The Bertz CT molecular complexity index is 893. The molecule has 1 aliphatic rings. The van der Waals surface area contributed by atoms with Crippen LogP contribution in [0.2, 0.25) is 0 Å². The minimum absolute atomic E-state index is 0.465. The van der Waals surface area contributed by atoms with Crippen LogP contribution in [0, 0.1) is 11.6 Å². The first-order chi connectivity index (χ1) is 13.2. The lowest BCUT2D eigenvalue weighted by atomic mass is 10.1. The summed E-state index contributed by atoms with van der Waals surface area (Å²) >= 11 is 0. The Hall–Kier alpha value is -2.24. The fraction of sp³-hybridized carbons (Fsp3) is 0.364. The molecule has 2 aromatic carbocycles. The Morgan fingerprint density at radius 2 is 1.70 bits per heavy atom. The summed E-state index contributed by atoms with van der Waals surface area (Å²) in [4.78, 5) is 2.51. The number of rotatable bonds is 6. The molecule has 5 heteroatoms. The number of aromatic nitrogens is 1. The molecule has 0 unspecified atom stereocenters. The van der Waals surface area contributed by atoms with E-state index in [0.717, 1.165) is 57.1 Å². The fourth-order valence-corrected chi connectivity index (χ4v) is 3.98. The summed E-state index contributed by atoms with van der Waals surface area (Å²) < 4.78 is 29.2. The van der Waals surface area contributed by atoms with Crippen LogP contribution in [-0.2, 0) is 13.0 Å². The van der Waals surface area contributed by atoms with Gasteiger partial charge in [0.05, 0.1) is 0 Å². The molecular formula is C22H25F2N3. The highest BCUT2D eigenvalue weighted by atomic mass is 19.1. The quantitative estimate of drug-likeness (QED) is 0.713. The van der Waals surface area contributed by atoms with E-state index in [1.807, 2.05) is 12.1 Å². The molecular weight excluding hydrogens is 344 g/mol. The number of para-hydroxylation sites is 1. The number of halogens is 2. The maximum Gasteiger partial charge on any atom is 0.126 e. The fourth-order valence-electron chi connectivity index (χ4n) is 3.98. The summed E-state index contributed by atoms with van der Waals surface area (Å²) in [6.45, 7) is 5.95. The standard InChI is InChI=1S/C22H25F2N3/c23-19-12-17(13-20(24)14-19)15-27-16-18(21-5-1-2-6-22(21)27)4-3-9-26-10-7-25-8-11-26/h1-2,5-6,12-14,16,25H,3-4,7-11,15H2. The predicted octanol–water partition coefficient (Wildman–Crippen LogP) is 3.81. The van der Waals surface area contributed by atoms with Crippen molar-refractivity contribution in [1.82, 2.24) is 14.8 Å². The monoisotopic (exact) mass is 369 g/mol. The van der Waals surface area contributed by atoms with Crippen molar-refractivity contribution in [3.8, 4) is 0 Å². The average molecular weight is 369 g/mol. The van der Waals surface area contributed by atoms with Crippen LogP contribution in [0.25, 0.3) is 10.9 Å². The largest absolute Gasteiger partial charge is 0.343 e. The maximum atomic E-state index is 13.5. The molecule has 1 aromatic heterocycles. The van der Waals surface area contributed by atoms with Gasteiger partial charge in [-0.3, -0.25) is 0 Å². The third-order valence-corrected chi connectivity index (χ3v) is 5.28. The van der Waals surface area contributed by atoms with Gasteiger partial charge in [-0.1, -0.05) is 18.2 Å². The molecule has 0 bridgehead atoms. The molecule has 3 aromatic rings. The zero-order chi connectivity index (χ0) is 18.6. The number of benzene rings is 2. The van der Waals surface area contributed by atoms with Gasteiger partial charge in [-0.15, -0.1) is 0 Å². The molecule has 1 aliphatic heterocycles. The molecule has 0 saturated carbocycles. The Morgan fingerprint density at radius 3 is 2.48 bits per heavy atom. The first kappa shape index (κ1) is 18.1. The molecule has 0 spiro atoms. The van der Waals surface area contributed by atoms with Crippen LogP contribution < -0.4 is 5.32 Å². The van der Waals surface area contributed by atoms with Gasteiger partial charge >= 0.3 is 0 Å². The Morgan fingerprint density at radius 1 is 0.963 bits per heavy atom. The normalized spacial score (nSPS) is 15.5. The number of piperazine rings is 1. The van der Waals surface area contributed by atoms with Gasteiger partial charge in [0.25, 0.3) is 0 Å². The Balaban J connectivity index is 1.51. The number of fused-ring (bicyclic) bond motifs is 1. The maximum absolute atomic E-state index is 13.5. The second-order valence-corrected chi connectivity index (χ2v) is 7.27. The smallest absolute Gasteiger partial charge is 0.126 e. The third-order valence-electron chi connectivity index (χ3n) is 5.28. The van der Waals surface area contributed by atoms with Crippen molar-refractivity contribution in [2.75, 3.05) is 32.7 Å². The number of hydrogen-bond acceptors (Lipinski definition) is 2. The Kier molecular flexibility index (Phi) is 5.50. The lowest BCUT2D eigenvalue weighted by Crippen LogP contribution is -2.43. The summed E-state index contributed by atoms with van der Waals surface area (Å²) in [5.74, 6) is -1.06. The highest BCUT2D eigenvalue weighted by molar-refractivity contribution is 5.84. The summed E-state index contributed by atoms with van der Waals surface area (Å²) in [6, 6.07) is 12.0. The van der Waals surface area contributed by atoms with E-state index in [9.17, 15) is 8.78 Å². The number of hydrogen-bond donors (Lipinski definition) is 1. The molecule has 0 aliphatic carbocycles.